The molecule has 0 aliphatic carbocycles. The van der Waals surface area contributed by atoms with E-state index in [1.165, 1.54) is 12.0 Å². The van der Waals surface area contributed by atoms with Crippen LogP contribution >= 0.6 is 0 Å². The van der Waals surface area contributed by atoms with Crippen molar-refractivity contribution in [2.45, 2.75) is 32.7 Å². The fraction of sp³-hybridized carbons (Fsp3) is 0.526. The van der Waals surface area contributed by atoms with E-state index in [0.717, 1.165) is 51.4 Å². The fourth-order valence-electron chi connectivity index (χ4n) is 3.49. The van der Waals surface area contributed by atoms with Gasteiger partial charge in [0.1, 0.15) is 0 Å². The molecule has 0 amide bonds. The van der Waals surface area contributed by atoms with E-state index in [2.05, 4.69) is 39.1 Å². The summed E-state index contributed by atoms with van der Waals surface area (Å²) < 4.78 is 5.83. The molecule has 128 valence electrons. The zero-order valence-corrected chi connectivity index (χ0v) is 14.4. The van der Waals surface area contributed by atoms with Gasteiger partial charge in [-0.3, -0.25) is 9.88 Å². The van der Waals surface area contributed by atoms with E-state index in [1.54, 1.807) is 6.20 Å². The Kier molecular flexibility index (Phi) is 5.88. The second-order valence-electron chi connectivity index (χ2n) is 6.67. The highest BCUT2D eigenvalue weighted by Crippen LogP contribution is 2.36. The summed E-state index contributed by atoms with van der Waals surface area (Å²) in [6.45, 7) is 6.82. The lowest BCUT2D eigenvalue weighted by Gasteiger charge is -2.29. The van der Waals surface area contributed by atoms with Gasteiger partial charge in [-0.15, -0.1) is 0 Å². The number of rotatable bonds is 8. The first kappa shape index (κ1) is 17.0. The molecule has 2 aromatic heterocycles. The minimum Gasteiger partial charge on any atom is -0.381 e. The summed E-state index contributed by atoms with van der Waals surface area (Å²) >= 11 is 0. The number of aromatic nitrogens is 3. The van der Waals surface area contributed by atoms with Crippen molar-refractivity contribution >= 4 is 0 Å². The van der Waals surface area contributed by atoms with Crippen LogP contribution in [0.2, 0.25) is 0 Å². The lowest BCUT2D eigenvalue weighted by molar-refractivity contribution is 0.0487. The third-order valence-corrected chi connectivity index (χ3v) is 4.80. The van der Waals surface area contributed by atoms with E-state index in [0.29, 0.717) is 0 Å². The van der Waals surface area contributed by atoms with Crippen molar-refractivity contribution in [1.29, 1.82) is 0 Å². The van der Waals surface area contributed by atoms with Gasteiger partial charge in [0.25, 0.3) is 0 Å². The molecule has 1 fully saturated rings. The predicted octanol–water partition coefficient (Wildman–Crippen LogP) is 2.73. The van der Waals surface area contributed by atoms with E-state index in [4.69, 9.17) is 4.74 Å². The molecule has 1 aliphatic rings. The number of hydrogen-bond acceptors (Lipinski definition) is 5. The maximum atomic E-state index is 5.83. The minimum atomic E-state index is 0.218. The van der Waals surface area contributed by atoms with Crippen LogP contribution in [0.15, 0.2) is 42.9 Å². The summed E-state index contributed by atoms with van der Waals surface area (Å²) in [4.78, 5) is 6.74. The van der Waals surface area contributed by atoms with E-state index >= 15 is 0 Å². The van der Waals surface area contributed by atoms with Crippen LogP contribution in [0, 0.1) is 5.41 Å². The summed E-state index contributed by atoms with van der Waals surface area (Å²) in [7, 11) is 0. The van der Waals surface area contributed by atoms with Crippen molar-refractivity contribution in [1.82, 2.24) is 20.1 Å². The smallest absolute Gasteiger partial charge is 0.0631 e. The summed E-state index contributed by atoms with van der Waals surface area (Å²) in [6.07, 6.45) is 8.74. The molecular formula is C19H26N4O. The summed E-state index contributed by atoms with van der Waals surface area (Å²) in [6, 6.07) is 8.17. The van der Waals surface area contributed by atoms with Crippen molar-refractivity contribution in [2.75, 3.05) is 26.3 Å². The molecule has 0 spiro atoms. The van der Waals surface area contributed by atoms with Gasteiger partial charge < -0.3 is 4.74 Å². The van der Waals surface area contributed by atoms with Crippen LogP contribution in [-0.4, -0.2) is 46.4 Å². The highest BCUT2D eigenvalue weighted by Gasteiger charge is 2.38. The molecule has 5 nitrogen and oxygen atoms in total. The van der Waals surface area contributed by atoms with Crippen LogP contribution in [0.4, 0.5) is 0 Å². The van der Waals surface area contributed by atoms with Gasteiger partial charge in [-0.05, 0) is 56.5 Å². The Morgan fingerprint density at radius 3 is 2.92 bits per heavy atom. The molecule has 0 radical (unpaired) electrons. The van der Waals surface area contributed by atoms with Crippen LogP contribution in [0.1, 0.15) is 31.0 Å². The lowest BCUT2D eigenvalue weighted by Crippen LogP contribution is -2.32. The van der Waals surface area contributed by atoms with Gasteiger partial charge in [0, 0.05) is 43.7 Å². The molecule has 0 unspecified atom stereocenters. The molecule has 0 bridgehead atoms. The molecular weight excluding hydrogens is 300 g/mol. The van der Waals surface area contributed by atoms with E-state index in [9.17, 15) is 0 Å². The van der Waals surface area contributed by atoms with Crippen LogP contribution in [-0.2, 0) is 17.7 Å². The third kappa shape index (κ3) is 4.58. The Balaban J connectivity index is 1.61. The van der Waals surface area contributed by atoms with Gasteiger partial charge in [0.2, 0.25) is 0 Å². The van der Waals surface area contributed by atoms with Crippen molar-refractivity contribution in [3.63, 3.8) is 0 Å². The van der Waals surface area contributed by atoms with Gasteiger partial charge in [-0.1, -0.05) is 6.07 Å². The van der Waals surface area contributed by atoms with Crippen LogP contribution < -0.4 is 0 Å². The molecule has 1 saturated heterocycles. The first-order valence-electron chi connectivity index (χ1n) is 8.75. The standard InChI is InChI=1S/C19H26N4O/c1-2-24-16-19(8-7-18-6-4-11-21-22-18)9-12-23(15-19)14-17-5-3-10-20-13-17/h3-6,10-11,13H,2,7-9,12,14-16H2,1H3/t19-/m0/s1. The maximum absolute atomic E-state index is 5.83. The van der Waals surface area contributed by atoms with Crippen molar-refractivity contribution in [2.24, 2.45) is 5.41 Å². The van der Waals surface area contributed by atoms with Crippen LogP contribution in [0.3, 0.4) is 0 Å². The number of aryl methyl sites for hydroxylation is 1. The molecule has 0 aromatic carbocycles. The molecule has 0 N–H and O–H groups in total. The number of ether oxygens (including phenoxy) is 1. The Labute approximate surface area is 144 Å². The Morgan fingerprint density at radius 2 is 2.17 bits per heavy atom. The average molecular weight is 326 g/mol. The van der Waals surface area contributed by atoms with Crippen molar-refractivity contribution in [3.8, 4) is 0 Å². The second kappa shape index (κ2) is 8.31. The number of pyridine rings is 1. The monoisotopic (exact) mass is 326 g/mol. The molecule has 1 atom stereocenters. The first-order valence-corrected chi connectivity index (χ1v) is 8.75. The SMILES string of the molecule is CCOC[C@@]1(CCc2cccnn2)CCN(Cc2cccnc2)C1. The fourth-order valence-corrected chi connectivity index (χ4v) is 3.49. The molecule has 5 heteroatoms. The van der Waals surface area contributed by atoms with Gasteiger partial charge in [-0.25, -0.2) is 0 Å². The largest absolute Gasteiger partial charge is 0.381 e. The Morgan fingerprint density at radius 1 is 1.25 bits per heavy atom. The number of likely N-dealkylation sites (tertiary alicyclic amines) is 1. The summed E-state index contributed by atoms with van der Waals surface area (Å²) in [5.41, 5.74) is 2.56. The van der Waals surface area contributed by atoms with Crippen LogP contribution in [0.25, 0.3) is 0 Å². The molecule has 0 saturated carbocycles. The van der Waals surface area contributed by atoms with Crippen molar-refractivity contribution < 1.29 is 4.74 Å². The minimum absolute atomic E-state index is 0.218. The number of hydrogen-bond donors (Lipinski definition) is 0. The average Bonchev–Trinajstić information content (AvgIpc) is 3.03. The quantitative estimate of drug-likeness (QED) is 0.746. The first-order chi connectivity index (χ1) is 11.8. The molecule has 3 rings (SSSR count). The third-order valence-electron chi connectivity index (χ3n) is 4.80. The second-order valence-corrected chi connectivity index (χ2v) is 6.67. The Bertz CT molecular complexity index is 607. The highest BCUT2D eigenvalue weighted by atomic mass is 16.5. The van der Waals surface area contributed by atoms with Crippen molar-refractivity contribution in [3.05, 3.63) is 54.1 Å². The van der Waals surface area contributed by atoms with Gasteiger partial charge in [0.15, 0.2) is 0 Å². The molecule has 3 heterocycles. The van der Waals surface area contributed by atoms with Gasteiger partial charge in [0.05, 0.1) is 12.3 Å². The van der Waals surface area contributed by atoms with Gasteiger partial charge >= 0.3 is 0 Å². The topological polar surface area (TPSA) is 51.1 Å². The van der Waals surface area contributed by atoms with E-state index < -0.39 is 0 Å². The zero-order chi connectivity index (χ0) is 16.7. The number of nitrogens with zero attached hydrogens (tertiary/aromatic N) is 4. The lowest BCUT2D eigenvalue weighted by atomic mass is 9.82. The van der Waals surface area contributed by atoms with Gasteiger partial charge in [-0.2, -0.15) is 10.2 Å². The summed E-state index contributed by atoms with van der Waals surface area (Å²) in [5.74, 6) is 0. The molecule has 2 aromatic rings. The highest BCUT2D eigenvalue weighted by molar-refractivity contribution is 5.09. The molecule has 1 aliphatic heterocycles. The molecule has 24 heavy (non-hydrogen) atoms. The predicted molar refractivity (Wildman–Crippen MR) is 93.4 cm³/mol. The van der Waals surface area contributed by atoms with E-state index in [1.807, 2.05) is 24.5 Å². The van der Waals surface area contributed by atoms with Crippen LogP contribution in [0.5, 0.6) is 0 Å². The normalized spacial score (nSPS) is 21.2. The Hall–Kier alpha value is -1.85. The zero-order valence-electron chi connectivity index (χ0n) is 14.4. The van der Waals surface area contributed by atoms with E-state index in [-0.39, 0.29) is 5.41 Å². The maximum Gasteiger partial charge on any atom is 0.0631 e. The summed E-state index contributed by atoms with van der Waals surface area (Å²) in [5, 5.41) is 8.21.